The van der Waals surface area contributed by atoms with Gasteiger partial charge in [-0.1, -0.05) is 41.9 Å². The Bertz CT molecular complexity index is 852. The van der Waals surface area contributed by atoms with Crippen LogP contribution in [0.25, 0.3) is 0 Å². The Morgan fingerprint density at radius 2 is 1.67 bits per heavy atom. The maximum Gasteiger partial charge on any atom is 0.261 e. The fraction of sp³-hybridized carbons (Fsp3) is 0.250. The molecule has 1 unspecified atom stereocenters. The number of nitrogens with zero attached hydrogens (tertiary/aromatic N) is 1. The highest BCUT2D eigenvalue weighted by molar-refractivity contribution is 8.00. The molecule has 0 bridgehead atoms. The van der Waals surface area contributed by atoms with Gasteiger partial charge in [-0.05, 0) is 30.7 Å². The van der Waals surface area contributed by atoms with Crippen molar-refractivity contribution in [2.45, 2.75) is 18.7 Å². The third-order valence-electron chi connectivity index (χ3n) is 4.34. The molecule has 1 heterocycles. The summed E-state index contributed by atoms with van der Waals surface area (Å²) in [5.41, 5.74) is 1.74. The Morgan fingerprint density at radius 1 is 1.07 bits per heavy atom. The van der Waals surface area contributed by atoms with Gasteiger partial charge >= 0.3 is 0 Å². The predicted molar refractivity (Wildman–Crippen MR) is 107 cm³/mol. The fourth-order valence-corrected chi connectivity index (χ4v) is 3.89. The fourth-order valence-electron chi connectivity index (χ4n) is 2.81. The summed E-state index contributed by atoms with van der Waals surface area (Å²) in [5.74, 6) is -0.159. The summed E-state index contributed by atoms with van der Waals surface area (Å²) in [6.07, 6.45) is 0. The van der Waals surface area contributed by atoms with Gasteiger partial charge in [-0.3, -0.25) is 19.3 Å². The SMILES string of the molecule is CC(SCCN1C(=O)c2ccccc2C1=O)C(=O)NCc1ccccc1Cl. The zero-order valence-electron chi connectivity index (χ0n) is 14.8. The molecule has 1 N–H and O–H groups in total. The number of hydrogen-bond acceptors (Lipinski definition) is 4. The molecule has 2 aromatic rings. The second-order valence-electron chi connectivity index (χ2n) is 6.13. The lowest BCUT2D eigenvalue weighted by Gasteiger charge is -2.16. The van der Waals surface area contributed by atoms with Gasteiger partial charge in [0, 0.05) is 23.9 Å². The number of benzene rings is 2. The van der Waals surface area contributed by atoms with Crippen LogP contribution in [0.1, 0.15) is 33.2 Å². The van der Waals surface area contributed by atoms with Crippen LogP contribution in [0.4, 0.5) is 0 Å². The molecule has 0 fully saturated rings. The third-order valence-corrected chi connectivity index (χ3v) is 5.84. The van der Waals surface area contributed by atoms with Crippen molar-refractivity contribution < 1.29 is 14.4 Å². The van der Waals surface area contributed by atoms with E-state index in [0.29, 0.717) is 28.4 Å². The van der Waals surface area contributed by atoms with Crippen LogP contribution in [-0.4, -0.2) is 40.2 Å². The van der Waals surface area contributed by atoms with E-state index in [1.54, 1.807) is 37.3 Å². The van der Waals surface area contributed by atoms with E-state index in [0.717, 1.165) is 5.56 Å². The van der Waals surface area contributed by atoms with Crippen molar-refractivity contribution in [2.75, 3.05) is 12.3 Å². The zero-order valence-corrected chi connectivity index (χ0v) is 16.3. The zero-order chi connectivity index (χ0) is 19.4. The number of imide groups is 1. The summed E-state index contributed by atoms with van der Waals surface area (Å²) < 4.78 is 0. The van der Waals surface area contributed by atoms with Crippen molar-refractivity contribution in [1.29, 1.82) is 0 Å². The van der Waals surface area contributed by atoms with Crippen LogP contribution in [0.5, 0.6) is 0 Å². The number of amides is 3. The first-order valence-corrected chi connectivity index (χ1v) is 9.99. The van der Waals surface area contributed by atoms with Crippen LogP contribution in [0.3, 0.4) is 0 Å². The van der Waals surface area contributed by atoms with E-state index >= 15 is 0 Å². The first kappa shape index (κ1) is 19.5. The highest BCUT2D eigenvalue weighted by Gasteiger charge is 2.34. The molecular formula is C20H19ClN2O3S. The highest BCUT2D eigenvalue weighted by atomic mass is 35.5. The maximum absolute atomic E-state index is 12.3. The molecule has 7 heteroatoms. The number of nitrogens with one attached hydrogen (secondary N) is 1. The maximum atomic E-state index is 12.3. The average molecular weight is 403 g/mol. The topological polar surface area (TPSA) is 66.5 Å². The summed E-state index contributed by atoms with van der Waals surface area (Å²) in [7, 11) is 0. The van der Waals surface area contributed by atoms with Gasteiger partial charge < -0.3 is 5.32 Å². The van der Waals surface area contributed by atoms with Gasteiger partial charge in [-0.15, -0.1) is 11.8 Å². The number of hydrogen-bond donors (Lipinski definition) is 1. The monoisotopic (exact) mass is 402 g/mol. The van der Waals surface area contributed by atoms with Crippen LogP contribution in [0.2, 0.25) is 5.02 Å². The number of rotatable bonds is 7. The molecule has 140 valence electrons. The van der Waals surface area contributed by atoms with Crippen molar-refractivity contribution in [3.63, 3.8) is 0 Å². The van der Waals surface area contributed by atoms with Gasteiger partial charge in [0.25, 0.3) is 11.8 Å². The van der Waals surface area contributed by atoms with Gasteiger partial charge in [0.05, 0.1) is 16.4 Å². The van der Waals surface area contributed by atoms with E-state index in [9.17, 15) is 14.4 Å². The summed E-state index contributed by atoms with van der Waals surface area (Å²) in [6.45, 7) is 2.44. The van der Waals surface area contributed by atoms with Crippen LogP contribution in [-0.2, 0) is 11.3 Å². The Hall–Kier alpha value is -2.31. The Kier molecular flexibility index (Phi) is 6.19. The molecule has 5 nitrogen and oxygen atoms in total. The summed E-state index contributed by atoms with van der Waals surface area (Å²) >= 11 is 7.49. The minimum absolute atomic E-state index is 0.109. The van der Waals surface area contributed by atoms with Crippen LogP contribution >= 0.6 is 23.4 Å². The molecule has 3 rings (SSSR count). The average Bonchev–Trinajstić information content (AvgIpc) is 2.92. The quantitative estimate of drug-likeness (QED) is 0.721. The number of fused-ring (bicyclic) bond motifs is 1. The minimum atomic E-state index is -0.303. The smallest absolute Gasteiger partial charge is 0.261 e. The van der Waals surface area contributed by atoms with Gasteiger partial charge in [-0.25, -0.2) is 0 Å². The second-order valence-corrected chi connectivity index (χ2v) is 7.99. The molecule has 27 heavy (non-hydrogen) atoms. The van der Waals surface area contributed by atoms with E-state index < -0.39 is 0 Å². The van der Waals surface area contributed by atoms with Crippen LogP contribution in [0.15, 0.2) is 48.5 Å². The minimum Gasteiger partial charge on any atom is -0.351 e. The normalized spacial score (nSPS) is 14.2. The van der Waals surface area contributed by atoms with E-state index in [1.165, 1.54) is 16.7 Å². The number of thioether (sulfide) groups is 1. The first-order valence-electron chi connectivity index (χ1n) is 8.57. The Labute approximate surface area is 167 Å². The van der Waals surface area contributed by atoms with Crippen LogP contribution in [0, 0.1) is 0 Å². The second kappa shape index (κ2) is 8.59. The molecule has 1 aliphatic heterocycles. The number of carbonyl (C=O) groups is 3. The molecule has 1 atom stereocenters. The molecule has 0 aromatic heterocycles. The van der Waals surface area contributed by atoms with Crippen molar-refractivity contribution in [3.8, 4) is 0 Å². The molecule has 0 saturated heterocycles. The highest BCUT2D eigenvalue weighted by Crippen LogP contribution is 2.23. The summed E-state index contributed by atoms with van der Waals surface area (Å²) in [5, 5.41) is 3.17. The van der Waals surface area contributed by atoms with Crippen molar-refractivity contribution in [1.82, 2.24) is 10.2 Å². The third kappa shape index (κ3) is 4.34. The molecule has 0 radical (unpaired) electrons. The standard InChI is InChI=1S/C20H19ClN2O3S/c1-13(18(24)22-12-14-6-2-5-9-17(14)21)27-11-10-23-19(25)15-7-3-4-8-16(15)20(23)26/h2-9,13H,10-12H2,1H3,(H,22,24). The molecular weight excluding hydrogens is 384 g/mol. The molecule has 3 amide bonds. The lowest BCUT2D eigenvalue weighted by Crippen LogP contribution is -2.34. The summed E-state index contributed by atoms with van der Waals surface area (Å²) in [6, 6.07) is 14.2. The van der Waals surface area contributed by atoms with Crippen LogP contribution < -0.4 is 5.32 Å². The molecule has 2 aromatic carbocycles. The first-order chi connectivity index (χ1) is 13.0. The molecule has 0 spiro atoms. The van der Waals surface area contributed by atoms with E-state index in [4.69, 9.17) is 11.6 Å². The largest absolute Gasteiger partial charge is 0.351 e. The van der Waals surface area contributed by atoms with Gasteiger partial charge in [-0.2, -0.15) is 0 Å². The molecule has 0 saturated carbocycles. The predicted octanol–water partition coefficient (Wildman–Crippen LogP) is 3.37. The van der Waals surface area contributed by atoms with Crippen molar-refractivity contribution in [2.24, 2.45) is 0 Å². The lowest BCUT2D eigenvalue weighted by molar-refractivity contribution is -0.120. The summed E-state index contributed by atoms with van der Waals surface area (Å²) in [4.78, 5) is 38.1. The Morgan fingerprint density at radius 3 is 2.30 bits per heavy atom. The Balaban J connectivity index is 1.46. The number of halogens is 1. The van der Waals surface area contributed by atoms with Gasteiger partial charge in [0.1, 0.15) is 0 Å². The van der Waals surface area contributed by atoms with Crippen molar-refractivity contribution >= 4 is 41.1 Å². The molecule has 1 aliphatic rings. The lowest BCUT2D eigenvalue weighted by atomic mass is 10.1. The van der Waals surface area contributed by atoms with Gasteiger partial charge in [0.2, 0.25) is 5.91 Å². The van der Waals surface area contributed by atoms with E-state index in [-0.39, 0.29) is 29.5 Å². The van der Waals surface area contributed by atoms with E-state index in [1.807, 2.05) is 18.2 Å². The van der Waals surface area contributed by atoms with Gasteiger partial charge in [0.15, 0.2) is 0 Å². The molecule has 0 aliphatic carbocycles. The number of carbonyl (C=O) groups excluding carboxylic acids is 3. The van der Waals surface area contributed by atoms with E-state index in [2.05, 4.69) is 5.32 Å². The van der Waals surface area contributed by atoms with Crippen molar-refractivity contribution in [3.05, 3.63) is 70.2 Å².